The third kappa shape index (κ3) is 5.27. The summed E-state index contributed by atoms with van der Waals surface area (Å²) < 4.78 is 5.85. The van der Waals surface area contributed by atoms with Gasteiger partial charge in [-0.25, -0.2) is 0 Å². The number of aliphatic hydroxyl groups is 1. The Morgan fingerprint density at radius 2 is 1.96 bits per heavy atom. The Hall–Kier alpha value is -1.49. The fourth-order valence-electron chi connectivity index (χ4n) is 2.26. The highest BCUT2D eigenvalue weighted by Crippen LogP contribution is 2.34. The van der Waals surface area contributed by atoms with Gasteiger partial charge in [0.15, 0.2) is 0 Å². The molecule has 0 amide bonds. The Bertz CT molecular complexity index is 642. The summed E-state index contributed by atoms with van der Waals surface area (Å²) in [7, 11) is 0. The molecule has 2 aromatic rings. The number of hydrogen-bond acceptors (Lipinski definition) is 4. The molecule has 0 aromatic heterocycles. The lowest BCUT2D eigenvalue weighted by Gasteiger charge is -2.16. The van der Waals surface area contributed by atoms with Crippen molar-refractivity contribution in [2.45, 2.75) is 30.9 Å². The first-order valence-electron chi connectivity index (χ1n) is 7.91. The van der Waals surface area contributed by atoms with Gasteiger partial charge in [0.1, 0.15) is 18.5 Å². The van der Waals surface area contributed by atoms with E-state index < -0.39 is 6.10 Å². The molecule has 124 valence electrons. The fourth-order valence-corrected chi connectivity index (χ4v) is 3.06. The number of benzene rings is 2. The number of fused-ring (bicyclic) bond motifs is 1. The van der Waals surface area contributed by atoms with Gasteiger partial charge in [0.05, 0.1) is 0 Å². The van der Waals surface area contributed by atoms with Crippen LogP contribution in [0.15, 0.2) is 53.9 Å². The minimum absolute atomic E-state index is 0.281. The van der Waals surface area contributed by atoms with E-state index in [1.54, 1.807) is 11.8 Å². The van der Waals surface area contributed by atoms with Gasteiger partial charge < -0.3 is 15.2 Å². The van der Waals surface area contributed by atoms with E-state index in [9.17, 15) is 5.11 Å². The first-order valence-corrected chi connectivity index (χ1v) is 8.90. The van der Waals surface area contributed by atoms with E-state index >= 15 is 0 Å². The van der Waals surface area contributed by atoms with Crippen LogP contribution in [0, 0.1) is 0 Å². The van der Waals surface area contributed by atoms with Crippen molar-refractivity contribution < 1.29 is 9.84 Å². The van der Waals surface area contributed by atoms with Crippen LogP contribution < -0.4 is 10.1 Å². The molecule has 0 aliphatic carbocycles. The minimum atomic E-state index is -0.522. The molecular weight excluding hydrogens is 306 g/mol. The predicted octanol–water partition coefficient (Wildman–Crippen LogP) is 3.86. The van der Waals surface area contributed by atoms with Crippen LogP contribution in [-0.2, 0) is 0 Å². The second-order valence-electron chi connectivity index (χ2n) is 5.73. The summed E-state index contributed by atoms with van der Waals surface area (Å²) in [4.78, 5) is 1.22. The highest BCUT2D eigenvalue weighted by molar-refractivity contribution is 7.99. The summed E-state index contributed by atoms with van der Waals surface area (Å²) in [6, 6.07) is 12.6. The first kappa shape index (κ1) is 17.9. The number of rotatable bonds is 9. The van der Waals surface area contributed by atoms with E-state index in [0.717, 1.165) is 16.9 Å². The standard InChI is InChI=1S/C19H25NO2S/c1-4-11-23-19-10-9-18(16-7-5-6-8-17(16)19)22-13-15(21)12-20-14(2)3/h4-10,14-15,20-21H,1,11-13H2,2-3H3. The van der Waals surface area contributed by atoms with Crippen molar-refractivity contribution in [1.82, 2.24) is 5.32 Å². The molecule has 2 N–H and O–H groups in total. The van der Waals surface area contributed by atoms with Crippen molar-refractivity contribution in [2.75, 3.05) is 18.9 Å². The Labute approximate surface area is 142 Å². The maximum absolute atomic E-state index is 10.00. The summed E-state index contributed by atoms with van der Waals surface area (Å²) in [5.74, 6) is 1.69. The van der Waals surface area contributed by atoms with Gasteiger partial charge in [-0.1, -0.05) is 44.2 Å². The van der Waals surface area contributed by atoms with Crippen LogP contribution >= 0.6 is 11.8 Å². The van der Waals surface area contributed by atoms with Gasteiger partial charge in [-0.2, -0.15) is 0 Å². The molecule has 0 aliphatic rings. The van der Waals surface area contributed by atoms with Gasteiger partial charge >= 0.3 is 0 Å². The molecule has 4 heteroatoms. The number of hydrogen-bond donors (Lipinski definition) is 2. The van der Waals surface area contributed by atoms with Crippen molar-refractivity contribution in [1.29, 1.82) is 0 Å². The topological polar surface area (TPSA) is 41.5 Å². The van der Waals surface area contributed by atoms with Gasteiger partial charge in [-0.05, 0) is 17.5 Å². The van der Waals surface area contributed by atoms with Gasteiger partial charge in [-0.15, -0.1) is 18.3 Å². The zero-order chi connectivity index (χ0) is 16.7. The second-order valence-corrected chi connectivity index (χ2v) is 6.80. The summed E-state index contributed by atoms with van der Waals surface area (Å²) in [5, 5.41) is 15.5. The van der Waals surface area contributed by atoms with Crippen molar-refractivity contribution >= 4 is 22.5 Å². The first-order chi connectivity index (χ1) is 11.1. The van der Waals surface area contributed by atoms with Gasteiger partial charge in [0.25, 0.3) is 0 Å². The summed E-state index contributed by atoms with van der Waals surface area (Å²) in [6.07, 6.45) is 1.38. The molecule has 1 atom stereocenters. The van der Waals surface area contributed by atoms with Gasteiger partial charge in [0.2, 0.25) is 0 Å². The number of nitrogens with one attached hydrogen (secondary N) is 1. The lowest BCUT2D eigenvalue weighted by atomic mass is 10.1. The quantitative estimate of drug-likeness (QED) is 0.541. The Balaban J connectivity index is 2.10. The van der Waals surface area contributed by atoms with Crippen molar-refractivity contribution in [3.8, 4) is 5.75 Å². The molecule has 0 heterocycles. The minimum Gasteiger partial charge on any atom is -0.490 e. The normalized spacial score (nSPS) is 12.5. The van der Waals surface area contributed by atoms with E-state index in [1.807, 2.05) is 24.3 Å². The molecule has 1 unspecified atom stereocenters. The van der Waals surface area contributed by atoms with Crippen LogP contribution in [0.25, 0.3) is 10.8 Å². The van der Waals surface area contributed by atoms with E-state index in [2.05, 4.69) is 43.9 Å². The maximum Gasteiger partial charge on any atom is 0.127 e. The number of ether oxygens (including phenoxy) is 1. The molecule has 2 rings (SSSR count). The highest BCUT2D eigenvalue weighted by Gasteiger charge is 2.10. The molecule has 0 aliphatic heterocycles. The summed E-state index contributed by atoms with van der Waals surface area (Å²) in [5.41, 5.74) is 0. The van der Waals surface area contributed by atoms with Crippen molar-refractivity contribution in [2.24, 2.45) is 0 Å². The monoisotopic (exact) mass is 331 g/mol. The molecule has 3 nitrogen and oxygen atoms in total. The summed E-state index contributed by atoms with van der Waals surface area (Å²) in [6.45, 7) is 8.70. The molecule has 0 bridgehead atoms. The largest absolute Gasteiger partial charge is 0.490 e. The molecule has 0 fully saturated rings. The SMILES string of the molecule is C=CCSc1ccc(OCC(O)CNC(C)C)c2ccccc12. The molecular formula is C19H25NO2S. The molecule has 0 saturated heterocycles. The van der Waals surface area contributed by atoms with Crippen LogP contribution in [0.5, 0.6) is 5.75 Å². The molecule has 2 aromatic carbocycles. The van der Waals surface area contributed by atoms with Gasteiger partial charge in [0, 0.05) is 28.6 Å². The molecule has 0 saturated carbocycles. The van der Waals surface area contributed by atoms with Crippen molar-refractivity contribution in [3.63, 3.8) is 0 Å². The average Bonchev–Trinajstić information content (AvgIpc) is 2.56. The van der Waals surface area contributed by atoms with Crippen LogP contribution in [0.1, 0.15) is 13.8 Å². The Morgan fingerprint density at radius 3 is 2.65 bits per heavy atom. The van der Waals surface area contributed by atoms with E-state index in [0.29, 0.717) is 12.6 Å². The third-order valence-corrected chi connectivity index (χ3v) is 4.46. The Kier molecular flexibility index (Phi) is 6.96. The maximum atomic E-state index is 10.00. The number of aliphatic hydroxyl groups excluding tert-OH is 1. The number of thioether (sulfide) groups is 1. The zero-order valence-electron chi connectivity index (χ0n) is 13.8. The van der Waals surface area contributed by atoms with Crippen molar-refractivity contribution in [3.05, 3.63) is 49.1 Å². The third-order valence-electron chi connectivity index (χ3n) is 3.39. The van der Waals surface area contributed by atoms with E-state index in [4.69, 9.17) is 4.74 Å². The van der Waals surface area contributed by atoms with Crippen LogP contribution in [0.4, 0.5) is 0 Å². The molecule has 23 heavy (non-hydrogen) atoms. The molecule has 0 spiro atoms. The summed E-state index contributed by atoms with van der Waals surface area (Å²) >= 11 is 1.76. The van der Waals surface area contributed by atoms with Crippen LogP contribution in [0.3, 0.4) is 0 Å². The Morgan fingerprint density at radius 1 is 1.22 bits per heavy atom. The second kappa shape index (κ2) is 8.96. The fraction of sp³-hybridized carbons (Fsp3) is 0.368. The van der Waals surface area contributed by atoms with Gasteiger partial charge in [-0.3, -0.25) is 0 Å². The zero-order valence-corrected chi connectivity index (χ0v) is 14.6. The molecule has 0 radical (unpaired) electrons. The predicted molar refractivity (Wildman–Crippen MR) is 99.5 cm³/mol. The van der Waals surface area contributed by atoms with E-state index in [-0.39, 0.29) is 6.61 Å². The van der Waals surface area contributed by atoms with E-state index in [1.165, 1.54) is 10.3 Å². The smallest absolute Gasteiger partial charge is 0.127 e. The van der Waals surface area contributed by atoms with Crippen LogP contribution in [-0.4, -0.2) is 36.2 Å². The lowest BCUT2D eigenvalue weighted by Crippen LogP contribution is -2.35. The van der Waals surface area contributed by atoms with Crippen LogP contribution in [0.2, 0.25) is 0 Å². The average molecular weight is 331 g/mol. The lowest BCUT2D eigenvalue weighted by molar-refractivity contribution is 0.105. The highest BCUT2D eigenvalue weighted by atomic mass is 32.2.